The van der Waals surface area contributed by atoms with E-state index in [1.54, 1.807) is 0 Å². The van der Waals surface area contributed by atoms with Gasteiger partial charge in [0, 0.05) is 5.41 Å². The minimum absolute atomic E-state index is 0.0619. The largest absolute Gasteiger partial charge is 0.330 e. The van der Waals surface area contributed by atoms with Crippen LogP contribution in [0.15, 0.2) is 0 Å². The van der Waals surface area contributed by atoms with Crippen LogP contribution < -0.4 is 5.73 Å². The molecule has 0 radical (unpaired) electrons. The fourth-order valence-corrected chi connectivity index (χ4v) is 7.24. The first-order chi connectivity index (χ1) is 12.2. The van der Waals surface area contributed by atoms with Crippen molar-refractivity contribution in [2.45, 2.75) is 71.3 Å². The van der Waals surface area contributed by atoms with Gasteiger partial charge < -0.3 is 15.4 Å². The lowest BCUT2D eigenvalue weighted by Crippen LogP contribution is -2.66. The second-order valence-electron chi connectivity index (χ2n) is 9.17. The molecule has 4 aliphatic rings. The predicted molar refractivity (Wildman–Crippen MR) is 91.9 cm³/mol. The van der Waals surface area contributed by atoms with Crippen molar-refractivity contribution >= 4 is 0 Å². The quantitative estimate of drug-likeness (QED) is 0.487. The van der Waals surface area contributed by atoms with E-state index < -0.39 is 28.3 Å². The minimum Gasteiger partial charge on any atom is -0.330 e. The van der Waals surface area contributed by atoms with E-state index in [9.17, 15) is 20.2 Å². The Hall–Kier alpha value is -1.64. The molecule has 0 aromatic carbocycles. The highest BCUT2D eigenvalue weighted by Crippen LogP contribution is 2.76. The molecule has 4 bridgehead atoms. The molecule has 4 fully saturated rings. The van der Waals surface area contributed by atoms with Crippen LogP contribution in [-0.4, -0.2) is 29.4 Å². The average Bonchev–Trinajstić information content (AvgIpc) is 2.57. The van der Waals surface area contributed by atoms with Crippen molar-refractivity contribution in [3.63, 3.8) is 0 Å². The fourth-order valence-electron chi connectivity index (χ4n) is 7.24. The average molecular weight is 371 g/mol. The molecule has 148 valence electrons. The SMILES string of the molecule is CCC12CC3(CC)CC(CN)(C1)CC(C(CO[N+](=O)[O-])O[N+](=O)[O-])(C2)C3. The van der Waals surface area contributed by atoms with Gasteiger partial charge in [-0.25, -0.2) is 0 Å². The Kier molecular flexibility index (Phi) is 4.57. The molecule has 0 aliphatic heterocycles. The second kappa shape index (κ2) is 6.21. The first-order valence-corrected chi connectivity index (χ1v) is 9.44. The minimum atomic E-state index is -0.938. The third kappa shape index (κ3) is 3.00. The highest BCUT2D eigenvalue weighted by atomic mass is 17.0. The first kappa shape index (κ1) is 19.1. The summed E-state index contributed by atoms with van der Waals surface area (Å²) in [4.78, 5) is 31.4. The van der Waals surface area contributed by atoms with E-state index in [2.05, 4.69) is 18.7 Å². The Labute approximate surface area is 152 Å². The van der Waals surface area contributed by atoms with Gasteiger partial charge in [0.2, 0.25) is 0 Å². The van der Waals surface area contributed by atoms with Gasteiger partial charge in [0.25, 0.3) is 10.2 Å². The lowest BCUT2D eigenvalue weighted by atomic mass is 9.34. The smallest absolute Gasteiger partial charge is 0.294 e. The fraction of sp³-hybridized carbons (Fsp3) is 1.00. The van der Waals surface area contributed by atoms with Gasteiger partial charge in [0.1, 0.15) is 12.7 Å². The summed E-state index contributed by atoms with van der Waals surface area (Å²) in [6, 6.07) is 0. The van der Waals surface area contributed by atoms with Gasteiger partial charge in [-0.1, -0.05) is 26.7 Å². The zero-order chi connectivity index (χ0) is 19.2. The van der Waals surface area contributed by atoms with Gasteiger partial charge in [-0.05, 0) is 61.3 Å². The molecule has 4 aliphatic carbocycles. The van der Waals surface area contributed by atoms with Crippen molar-refractivity contribution in [1.82, 2.24) is 0 Å². The van der Waals surface area contributed by atoms with E-state index in [0.29, 0.717) is 6.54 Å². The summed E-state index contributed by atoms with van der Waals surface area (Å²) in [7, 11) is 0. The standard InChI is InChI=1S/C17H29N3O6/c1-3-14-6-15(4-2)8-16(7-14,12-18)11-17(9-14,10-15)13(26-20(23)24)5-25-19(21)22/h13H,3-12,18H2,1-2H3. The van der Waals surface area contributed by atoms with E-state index >= 15 is 0 Å². The van der Waals surface area contributed by atoms with E-state index in [-0.39, 0.29) is 16.2 Å². The zero-order valence-corrected chi connectivity index (χ0v) is 15.6. The molecule has 0 spiro atoms. The normalized spacial score (nSPS) is 41.7. The highest BCUT2D eigenvalue weighted by Gasteiger charge is 2.68. The molecule has 0 amide bonds. The van der Waals surface area contributed by atoms with Crippen molar-refractivity contribution in [2.24, 2.45) is 27.4 Å². The van der Waals surface area contributed by atoms with Crippen molar-refractivity contribution in [1.29, 1.82) is 0 Å². The van der Waals surface area contributed by atoms with Crippen LogP contribution in [0.4, 0.5) is 0 Å². The summed E-state index contributed by atoms with van der Waals surface area (Å²) in [6.45, 7) is 4.48. The molecule has 4 saturated carbocycles. The third-order valence-corrected chi connectivity index (χ3v) is 7.59. The summed E-state index contributed by atoms with van der Waals surface area (Å²) in [5.41, 5.74) is 5.83. The molecule has 0 saturated heterocycles. The van der Waals surface area contributed by atoms with E-state index in [0.717, 1.165) is 51.4 Å². The maximum atomic E-state index is 11.1. The van der Waals surface area contributed by atoms with E-state index in [1.165, 1.54) is 0 Å². The molecule has 9 nitrogen and oxygen atoms in total. The molecule has 0 aromatic heterocycles. The summed E-state index contributed by atoms with van der Waals surface area (Å²) in [5, 5.41) is 20.1. The molecule has 4 rings (SSSR count). The van der Waals surface area contributed by atoms with Gasteiger partial charge in [-0.2, -0.15) is 0 Å². The maximum Gasteiger partial charge on any atom is 0.294 e. The Morgan fingerprint density at radius 2 is 1.42 bits per heavy atom. The molecule has 2 N–H and O–H groups in total. The van der Waals surface area contributed by atoms with Gasteiger partial charge >= 0.3 is 0 Å². The van der Waals surface area contributed by atoms with Crippen LogP contribution in [0, 0.1) is 41.9 Å². The van der Waals surface area contributed by atoms with Crippen LogP contribution in [0.1, 0.15) is 65.2 Å². The Morgan fingerprint density at radius 1 is 0.923 bits per heavy atom. The van der Waals surface area contributed by atoms with Crippen molar-refractivity contribution < 1.29 is 19.8 Å². The molecular formula is C17H29N3O6. The molecule has 0 heterocycles. The Bertz CT molecular complexity index is 539. The van der Waals surface area contributed by atoms with Crippen molar-refractivity contribution in [2.75, 3.05) is 13.2 Å². The molecule has 3 atom stereocenters. The third-order valence-electron chi connectivity index (χ3n) is 7.59. The number of hydrogen-bond acceptors (Lipinski definition) is 7. The summed E-state index contributed by atoms with van der Waals surface area (Å²) >= 11 is 0. The van der Waals surface area contributed by atoms with Crippen LogP contribution in [0.3, 0.4) is 0 Å². The number of rotatable bonds is 9. The Balaban J connectivity index is 2.02. The highest BCUT2D eigenvalue weighted by molar-refractivity contribution is 5.18. The van der Waals surface area contributed by atoms with E-state index in [4.69, 9.17) is 10.6 Å². The molecule has 26 heavy (non-hydrogen) atoms. The monoisotopic (exact) mass is 371 g/mol. The van der Waals surface area contributed by atoms with Gasteiger partial charge in [-0.15, -0.1) is 20.2 Å². The number of nitrogens with two attached hydrogens (primary N) is 1. The van der Waals surface area contributed by atoms with Gasteiger partial charge in [-0.3, -0.25) is 0 Å². The Morgan fingerprint density at radius 3 is 1.85 bits per heavy atom. The second-order valence-corrected chi connectivity index (χ2v) is 9.17. The van der Waals surface area contributed by atoms with Crippen LogP contribution >= 0.6 is 0 Å². The lowest BCUT2D eigenvalue weighted by Gasteiger charge is -2.72. The number of nitrogens with zero attached hydrogens (tertiary/aromatic N) is 2. The number of hydrogen-bond donors (Lipinski definition) is 1. The van der Waals surface area contributed by atoms with E-state index in [1.807, 2.05) is 0 Å². The first-order valence-electron chi connectivity index (χ1n) is 9.44. The molecule has 3 unspecified atom stereocenters. The molecule has 9 heteroatoms. The van der Waals surface area contributed by atoms with Crippen molar-refractivity contribution in [3.8, 4) is 0 Å². The van der Waals surface area contributed by atoms with Gasteiger partial charge in [0.15, 0.2) is 0 Å². The van der Waals surface area contributed by atoms with Gasteiger partial charge in [0.05, 0.1) is 0 Å². The topological polar surface area (TPSA) is 131 Å². The summed E-state index contributed by atoms with van der Waals surface area (Å²) in [6.07, 6.45) is 6.53. The van der Waals surface area contributed by atoms with Crippen LogP contribution in [0.5, 0.6) is 0 Å². The summed E-state index contributed by atoms with van der Waals surface area (Å²) in [5.74, 6) is 0. The lowest BCUT2D eigenvalue weighted by molar-refractivity contribution is -0.794. The molecule has 0 aromatic rings. The van der Waals surface area contributed by atoms with Crippen LogP contribution in [0.2, 0.25) is 0 Å². The maximum absolute atomic E-state index is 11.1. The zero-order valence-electron chi connectivity index (χ0n) is 15.6. The predicted octanol–water partition coefficient (Wildman–Crippen LogP) is 2.88. The van der Waals surface area contributed by atoms with Crippen molar-refractivity contribution in [3.05, 3.63) is 20.2 Å². The summed E-state index contributed by atoms with van der Waals surface area (Å²) < 4.78 is 0. The van der Waals surface area contributed by atoms with Crippen LogP contribution in [-0.2, 0) is 9.68 Å². The van der Waals surface area contributed by atoms with Crippen LogP contribution in [0.25, 0.3) is 0 Å². The molecular weight excluding hydrogens is 342 g/mol.